The zero-order valence-corrected chi connectivity index (χ0v) is 23.1. The fraction of sp³-hybridized carbons (Fsp3) is 0.152. The van der Waals surface area contributed by atoms with E-state index in [1.807, 2.05) is 24.3 Å². The van der Waals surface area contributed by atoms with Crippen molar-refractivity contribution in [3.05, 3.63) is 106 Å². The molecule has 0 N–H and O–H groups in total. The maximum Gasteiger partial charge on any atom is 0.337 e. The molecule has 208 valence electrons. The number of carbonyl (C=O) groups is 4. The van der Waals surface area contributed by atoms with Crippen LogP contribution in [0, 0.1) is 0 Å². The molecular weight excluding hydrogens is 524 g/mol. The number of aldehydes is 2. The van der Waals surface area contributed by atoms with Gasteiger partial charge in [-0.3, -0.25) is 9.59 Å². The van der Waals surface area contributed by atoms with Gasteiger partial charge in [-0.1, -0.05) is 48.5 Å². The molecule has 0 aliphatic heterocycles. The largest absolute Gasteiger partial charge is 0.496 e. The topological polar surface area (TPSA) is 105 Å². The van der Waals surface area contributed by atoms with Gasteiger partial charge in [0.1, 0.15) is 11.5 Å². The van der Waals surface area contributed by atoms with E-state index in [-0.39, 0.29) is 0 Å². The molecule has 0 radical (unpaired) electrons. The molecule has 8 nitrogen and oxygen atoms in total. The number of methoxy groups -OCH3 is 4. The second-order valence-electron chi connectivity index (χ2n) is 8.99. The second kappa shape index (κ2) is 12.7. The van der Waals surface area contributed by atoms with Crippen LogP contribution in [0.5, 0.6) is 11.5 Å². The van der Waals surface area contributed by atoms with Gasteiger partial charge >= 0.3 is 11.9 Å². The van der Waals surface area contributed by atoms with E-state index in [0.717, 1.165) is 34.8 Å². The van der Waals surface area contributed by atoms with Crippen molar-refractivity contribution in [2.24, 2.45) is 0 Å². The highest BCUT2D eigenvalue weighted by atomic mass is 16.5. The average Bonchev–Trinajstić information content (AvgIpc) is 3.03. The summed E-state index contributed by atoms with van der Waals surface area (Å²) in [5, 5.41) is 0. The Morgan fingerprint density at radius 1 is 0.561 bits per heavy atom. The van der Waals surface area contributed by atoms with Crippen molar-refractivity contribution in [1.29, 1.82) is 0 Å². The van der Waals surface area contributed by atoms with Crippen LogP contribution >= 0.6 is 0 Å². The van der Waals surface area contributed by atoms with Crippen LogP contribution in [0.4, 0.5) is 0 Å². The van der Waals surface area contributed by atoms with Gasteiger partial charge < -0.3 is 18.9 Å². The highest BCUT2D eigenvalue weighted by Crippen LogP contribution is 2.38. The van der Waals surface area contributed by atoms with E-state index >= 15 is 0 Å². The molecule has 41 heavy (non-hydrogen) atoms. The average molecular weight is 553 g/mol. The Hall–Kier alpha value is -5.24. The summed E-state index contributed by atoms with van der Waals surface area (Å²) in [4.78, 5) is 48.1. The number of benzene rings is 4. The monoisotopic (exact) mass is 552 g/mol. The van der Waals surface area contributed by atoms with E-state index in [0.29, 0.717) is 51.3 Å². The molecule has 0 heterocycles. The maximum atomic E-state index is 12.3. The summed E-state index contributed by atoms with van der Waals surface area (Å²) in [6.45, 7) is 0. The number of rotatable bonds is 10. The first-order chi connectivity index (χ1) is 19.9. The van der Waals surface area contributed by atoms with Crippen molar-refractivity contribution < 1.29 is 38.1 Å². The summed E-state index contributed by atoms with van der Waals surface area (Å²) >= 11 is 0. The minimum Gasteiger partial charge on any atom is -0.496 e. The summed E-state index contributed by atoms with van der Waals surface area (Å²) < 4.78 is 20.9. The molecule has 0 spiro atoms. The molecule has 0 aromatic heterocycles. The van der Waals surface area contributed by atoms with Gasteiger partial charge in [0.05, 0.1) is 50.7 Å². The van der Waals surface area contributed by atoms with E-state index in [9.17, 15) is 19.2 Å². The van der Waals surface area contributed by atoms with Gasteiger partial charge in [-0.15, -0.1) is 0 Å². The third-order valence-electron chi connectivity index (χ3n) is 6.81. The lowest BCUT2D eigenvalue weighted by Gasteiger charge is -2.18. The van der Waals surface area contributed by atoms with Crippen molar-refractivity contribution in [3.8, 4) is 33.8 Å². The number of esters is 2. The molecular formula is C33H28O8. The summed E-state index contributed by atoms with van der Waals surface area (Å²) in [6.07, 6.45) is 1.79. The van der Waals surface area contributed by atoms with Crippen molar-refractivity contribution in [2.75, 3.05) is 28.4 Å². The molecule has 0 saturated carbocycles. The summed E-state index contributed by atoms with van der Waals surface area (Å²) in [5.41, 5.74) is 5.68. The Labute approximate surface area is 237 Å². The van der Waals surface area contributed by atoms with Crippen LogP contribution in [-0.2, 0) is 15.9 Å². The van der Waals surface area contributed by atoms with E-state index in [4.69, 9.17) is 18.9 Å². The van der Waals surface area contributed by atoms with E-state index in [2.05, 4.69) is 0 Å². The second-order valence-corrected chi connectivity index (χ2v) is 8.99. The van der Waals surface area contributed by atoms with Gasteiger partial charge in [0, 0.05) is 6.42 Å². The summed E-state index contributed by atoms with van der Waals surface area (Å²) in [5.74, 6) is -0.112. The van der Waals surface area contributed by atoms with E-state index in [1.165, 1.54) is 28.4 Å². The van der Waals surface area contributed by atoms with Crippen LogP contribution < -0.4 is 9.47 Å². The van der Waals surface area contributed by atoms with Gasteiger partial charge in [-0.05, 0) is 57.6 Å². The third kappa shape index (κ3) is 5.72. The number of hydrogen-bond acceptors (Lipinski definition) is 8. The molecule has 0 unspecified atom stereocenters. The van der Waals surface area contributed by atoms with Crippen molar-refractivity contribution in [2.45, 2.75) is 6.42 Å². The van der Waals surface area contributed by atoms with Crippen LogP contribution in [0.25, 0.3) is 22.3 Å². The Morgan fingerprint density at radius 2 is 0.927 bits per heavy atom. The highest BCUT2D eigenvalue weighted by Gasteiger charge is 2.20. The van der Waals surface area contributed by atoms with Crippen LogP contribution in [0.1, 0.15) is 52.6 Å². The van der Waals surface area contributed by atoms with Crippen molar-refractivity contribution in [3.63, 3.8) is 0 Å². The minimum absolute atomic E-state index is 0.317. The molecule has 0 atom stereocenters. The van der Waals surface area contributed by atoms with Crippen LogP contribution in [0.2, 0.25) is 0 Å². The number of hydrogen-bond donors (Lipinski definition) is 0. The van der Waals surface area contributed by atoms with E-state index < -0.39 is 11.9 Å². The van der Waals surface area contributed by atoms with Crippen LogP contribution in [0.3, 0.4) is 0 Å². The Balaban J connectivity index is 1.73. The Morgan fingerprint density at radius 3 is 1.22 bits per heavy atom. The zero-order valence-electron chi connectivity index (χ0n) is 23.1. The van der Waals surface area contributed by atoms with Gasteiger partial charge in [0.25, 0.3) is 0 Å². The summed E-state index contributed by atoms with van der Waals surface area (Å²) in [7, 11) is 5.61. The van der Waals surface area contributed by atoms with Crippen LogP contribution in [0.15, 0.2) is 72.8 Å². The normalized spacial score (nSPS) is 10.4. The lowest BCUT2D eigenvalue weighted by Crippen LogP contribution is -2.04. The molecule has 0 amide bonds. The SMILES string of the molecule is COC(=O)c1ccc(-c2ccc(Cc3ccc(-c4ccc(C(=O)OC)cc4)c(C=O)c3OC)c(OC)c2C=O)cc1. The number of ether oxygens (including phenoxy) is 4. The van der Waals surface area contributed by atoms with E-state index in [1.54, 1.807) is 48.5 Å². The van der Waals surface area contributed by atoms with Crippen LogP contribution in [-0.4, -0.2) is 53.0 Å². The smallest absolute Gasteiger partial charge is 0.337 e. The van der Waals surface area contributed by atoms with Gasteiger partial charge in [0.2, 0.25) is 0 Å². The summed E-state index contributed by atoms with van der Waals surface area (Å²) in [6, 6.07) is 20.8. The lowest BCUT2D eigenvalue weighted by atomic mass is 9.91. The fourth-order valence-corrected chi connectivity index (χ4v) is 4.80. The lowest BCUT2D eigenvalue weighted by molar-refractivity contribution is 0.0592. The first-order valence-electron chi connectivity index (χ1n) is 12.6. The quantitative estimate of drug-likeness (QED) is 0.179. The molecule has 4 rings (SSSR count). The molecule has 0 bridgehead atoms. The third-order valence-corrected chi connectivity index (χ3v) is 6.81. The number of carbonyl (C=O) groups excluding carboxylic acids is 4. The first kappa shape index (κ1) is 28.8. The van der Waals surface area contributed by atoms with Crippen molar-refractivity contribution in [1.82, 2.24) is 0 Å². The minimum atomic E-state index is -0.451. The first-order valence-corrected chi connectivity index (χ1v) is 12.6. The van der Waals surface area contributed by atoms with Crippen molar-refractivity contribution >= 4 is 24.5 Å². The van der Waals surface area contributed by atoms with Gasteiger partial charge in [-0.2, -0.15) is 0 Å². The maximum absolute atomic E-state index is 12.3. The molecule has 0 aliphatic rings. The molecule has 0 fully saturated rings. The zero-order chi connectivity index (χ0) is 29.5. The van der Waals surface area contributed by atoms with Gasteiger partial charge in [0.15, 0.2) is 12.6 Å². The highest BCUT2D eigenvalue weighted by molar-refractivity contribution is 5.95. The predicted molar refractivity (Wildman–Crippen MR) is 153 cm³/mol. The molecule has 4 aromatic carbocycles. The standard InChI is InChI=1S/C33H28O8/c1-38-30-24(13-15-26(28(30)18-34)20-5-9-22(10-6-20)32(36)40-3)17-25-14-16-27(29(19-35)31(25)39-2)21-7-11-23(12-8-21)33(37)41-4/h5-16,18-19H,17H2,1-4H3. The molecule has 0 aliphatic carbocycles. The predicted octanol–water partition coefficient (Wildman–Crippen LogP) is 5.83. The molecule has 0 saturated heterocycles. The fourth-order valence-electron chi connectivity index (χ4n) is 4.80. The Kier molecular flexibility index (Phi) is 8.94. The Bertz CT molecular complexity index is 1480. The van der Waals surface area contributed by atoms with Gasteiger partial charge in [-0.25, -0.2) is 9.59 Å². The molecule has 4 aromatic rings. The molecule has 8 heteroatoms.